The van der Waals surface area contributed by atoms with Crippen molar-refractivity contribution in [2.75, 3.05) is 0 Å². The van der Waals surface area contributed by atoms with Gasteiger partial charge >= 0.3 is 0 Å². The lowest BCUT2D eigenvalue weighted by atomic mass is 9.87. The summed E-state index contributed by atoms with van der Waals surface area (Å²) in [7, 11) is 0. The summed E-state index contributed by atoms with van der Waals surface area (Å²) in [5.74, 6) is 0. The molecule has 0 fully saturated rings. The van der Waals surface area contributed by atoms with E-state index in [0.29, 0.717) is 0 Å². The second kappa shape index (κ2) is 2.93. The maximum absolute atomic E-state index is 3.95. The van der Waals surface area contributed by atoms with E-state index in [1.807, 2.05) is 0 Å². The first-order valence-corrected chi connectivity index (χ1v) is 4.48. The van der Waals surface area contributed by atoms with E-state index in [4.69, 9.17) is 0 Å². The van der Waals surface area contributed by atoms with Gasteiger partial charge in [-0.25, -0.2) is 0 Å². The zero-order chi connectivity index (χ0) is 9.35. The monoisotopic (exact) mass is 162 g/mol. The van der Waals surface area contributed by atoms with Gasteiger partial charge in [0.1, 0.15) is 0 Å². The molecule has 0 heterocycles. The molecule has 0 heteroatoms. The van der Waals surface area contributed by atoms with Crippen LogP contribution in [0.4, 0.5) is 0 Å². The van der Waals surface area contributed by atoms with E-state index >= 15 is 0 Å². The van der Waals surface area contributed by atoms with Crippen LogP contribution < -0.4 is 0 Å². The molecule has 0 spiro atoms. The zero-order valence-electron chi connectivity index (χ0n) is 8.57. The van der Waals surface area contributed by atoms with Crippen molar-refractivity contribution in [2.24, 2.45) is 5.41 Å². The molecule has 1 rings (SSSR count). The Labute approximate surface area is 75.7 Å². The van der Waals surface area contributed by atoms with Crippen LogP contribution in [0.25, 0.3) is 0 Å². The summed E-state index contributed by atoms with van der Waals surface area (Å²) in [5, 5.41) is 0. The third-order valence-corrected chi connectivity index (χ3v) is 2.29. The molecular formula is C12H18. The molecular weight excluding hydrogens is 144 g/mol. The van der Waals surface area contributed by atoms with Crippen LogP contribution in [-0.4, -0.2) is 0 Å². The molecule has 0 atom stereocenters. The molecule has 0 radical (unpaired) electrons. The Kier molecular flexibility index (Phi) is 2.27. The van der Waals surface area contributed by atoms with E-state index in [0.717, 1.165) is 6.42 Å². The smallest absolute Gasteiger partial charge is 0.00889 e. The molecule has 0 aromatic carbocycles. The Bertz CT molecular complexity index is 256. The zero-order valence-corrected chi connectivity index (χ0v) is 8.57. The fourth-order valence-electron chi connectivity index (χ4n) is 1.35. The van der Waals surface area contributed by atoms with Crippen LogP contribution in [0.2, 0.25) is 0 Å². The molecule has 0 aromatic heterocycles. The van der Waals surface area contributed by atoms with Crippen molar-refractivity contribution < 1.29 is 0 Å². The second-order valence-corrected chi connectivity index (χ2v) is 4.56. The van der Waals surface area contributed by atoms with E-state index in [1.54, 1.807) is 0 Å². The topological polar surface area (TPSA) is 0 Å². The lowest BCUT2D eigenvalue weighted by molar-refractivity contribution is 0.518. The van der Waals surface area contributed by atoms with Gasteiger partial charge in [0.2, 0.25) is 0 Å². The lowest BCUT2D eigenvalue weighted by Crippen LogP contribution is -2.05. The molecule has 0 saturated carbocycles. The quantitative estimate of drug-likeness (QED) is 0.549. The highest BCUT2D eigenvalue weighted by Crippen LogP contribution is 2.34. The molecule has 0 nitrogen and oxygen atoms in total. The molecule has 0 aliphatic heterocycles. The fraction of sp³-hybridized carbons (Fsp3) is 0.500. The van der Waals surface area contributed by atoms with Crippen molar-refractivity contribution >= 4 is 0 Å². The van der Waals surface area contributed by atoms with Crippen LogP contribution in [0, 0.1) is 5.41 Å². The molecule has 1 aliphatic rings. The van der Waals surface area contributed by atoms with Gasteiger partial charge in [-0.3, -0.25) is 0 Å². The summed E-state index contributed by atoms with van der Waals surface area (Å²) in [6.07, 6.45) is 5.66. The standard InChI is InChI=1S/C12H18/c1-9(2)10-6-7-11(8-10)12(3,4)5/h7-8H,1,6H2,2-5H3. The average molecular weight is 162 g/mol. The third kappa shape index (κ3) is 1.88. The summed E-state index contributed by atoms with van der Waals surface area (Å²) < 4.78 is 0. The van der Waals surface area contributed by atoms with Crippen LogP contribution in [0.1, 0.15) is 34.1 Å². The van der Waals surface area contributed by atoms with Crippen LogP contribution in [-0.2, 0) is 0 Å². The Morgan fingerprint density at radius 1 is 1.42 bits per heavy atom. The highest BCUT2D eigenvalue weighted by Gasteiger charge is 2.18. The van der Waals surface area contributed by atoms with Gasteiger partial charge in [0.05, 0.1) is 0 Å². The van der Waals surface area contributed by atoms with Crippen LogP contribution in [0.5, 0.6) is 0 Å². The van der Waals surface area contributed by atoms with Gasteiger partial charge in [-0.05, 0) is 29.9 Å². The summed E-state index contributed by atoms with van der Waals surface area (Å²) in [4.78, 5) is 0. The SMILES string of the molecule is C=C(C)C1=CC(C(C)(C)C)=CC1. The fourth-order valence-corrected chi connectivity index (χ4v) is 1.35. The molecule has 0 saturated heterocycles. The van der Waals surface area contributed by atoms with E-state index in [9.17, 15) is 0 Å². The predicted octanol–water partition coefficient (Wildman–Crippen LogP) is 3.87. The highest BCUT2D eigenvalue weighted by molar-refractivity contribution is 5.44. The average Bonchev–Trinajstić information content (AvgIpc) is 2.30. The Balaban J connectivity index is 2.82. The number of rotatable bonds is 1. The van der Waals surface area contributed by atoms with Gasteiger partial charge in [-0.2, -0.15) is 0 Å². The van der Waals surface area contributed by atoms with Crippen LogP contribution in [0.3, 0.4) is 0 Å². The summed E-state index contributed by atoms with van der Waals surface area (Å²) in [5.41, 5.74) is 4.32. The van der Waals surface area contributed by atoms with Crippen LogP contribution >= 0.6 is 0 Å². The van der Waals surface area contributed by atoms with Gasteiger partial charge < -0.3 is 0 Å². The molecule has 0 bridgehead atoms. The first kappa shape index (κ1) is 9.31. The summed E-state index contributed by atoms with van der Waals surface area (Å²) >= 11 is 0. The Morgan fingerprint density at radius 2 is 2.00 bits per heavy atom. The Hall–Kier alpha value is -0.780. The normalized spacial score (nSPS) is 17.3. The molecule has 1 aliphatic carbocycles. The number of hydrogen-bond acceptors (Lipinski definition) is 0. The first-order valence-electron chi connectivity index (χ1n) is 4.48. The second-order valence-electron chi connectivity index (χ2n) is 4.56. The van der Waals surface area contributed by atoms with Crippen molar-refractivity contribution in [1.29, 1.82) is 0 Å². The molecule has 0 N–H and O–H groups in total. The van der Waals surface area contributed by atoms with Gasteiger partial charge in [-0.15, -0.1) is 0 Å². The van der Waals surface area contributed by atoms with Crippen molar-refractivity contribution in [3.8, 4) is 0 Å². The molecule has 66 valence electrons. The maximum Gasteiger partial charge on any atom is -0.00889 e. The Morgan fingerprint density at radius 3 is 2.25 bits per heavy atom. The molecule has 12 heavy (non-hydrogen) atoms. The first-order chi connectivity index (χ1) is 5.41. The van der Waals surface area contributed by atoms with Gasteiger partial charge in [0.15, 0.2) is 0 Å². The minimum atomic E-state index is 0.289. The molecule has 0 aromatic rings. The van der Waals surface area contributed by atoms with Gasteiger partial charge in [0, 0.05) is 0 Å². The summed E-state index contributed by atoms with van der Waals surface area (Å²) in [6.45, 7) is 12.8. The molecule has 0 unspecified atom stereocenters. The largest absolute Gasteiger partial charge is 0.0958 e. The van der Waals surface area contributed by atoms with Crippen molar-refractivity contribution in [3.05, 3.63) is 35.5 Å². The van der Waals surface area contributed by atoms with E-state index in [-0.39, 0.29) is 5.41 Å². The minimum absolute atomic E-state index is 0.289. The molecule has 0 amide bonds. The van der Waals surface area contributed by atoms with Crippen molar-refractivity contribution in [3.63, 3.8) is 0 Å². The number of allylic oxidation sites excluding steroid dienone is 5. The number of hydrogen-bond donors (Lipinski definition) is 0. The van der Waals surface area contributed by atoms with Gasteiger partial charge in [0.25, 0.3) is 0 Å². The predicted molar refractivity (Wildman–Crippen MR) is 55.1 cm³/mol. The van der Waals surface area contributed by atoms with Crippen LogP contribution in [0.15, 0.2) is 35.5 Å². The van der Waals surface area contributed by atoms with Crippen molar-refractivity contribution in [1.82, 2.24) is 0 Å². The minimum Gasteiger partial charge on any atom is -0.0958 e. The van der Waals surface area contributed by atoms with E-state index in [2.05, 4.69) is 46.4 Å². The van der Waals surface area contributed by atoms with E-state index < -0.39 is 0 Å². The van der Waals surface area contributed by atoms with E-state index in [1.165, 1.54) is 16.7 Å². The highest BCUT2D eigenvalue weighted by atomic mass is 14.2. The maximum atomic E-state index is 3.95. The lowest BCUT2D eigenvalue weighted by Gasteiger charge is -2.18. The van der Waals surface area contributed by atoms with Crippen molar-refractivity contribution in [2.45, 2.75) is 34.1 Å². The van der Waals surface area contributed by atoms with Gasteiger partial charge in [-0.1, -0.05) is 45.1 Å². The third-order valence-electron chi connectivity index (χ3n) is 2.29. The summed E-state index contributed by atoms with van der Waals surface area (Å²) in [6, 6.07) is 0.